The standard InChI is InChI=1S/C13H18FO/c1-4-5-6-15-13-8-11(10(2)3)7-12(14)9-13/h7-9H,4-6H2,1-3H3. The highest BCUT2D eigenvalue weighted by Crippen LogP contribution is 2.22. The average molecular weight is 209 g/mol. The van der Waals surface area contributed by atoms with E-state index in [0.717, 1.165) is 24.3 Å². The molecule has 0 N–H and O–H groups in total. The molecule has 0 aliphatic heterocycles. The summed E-state index contributed by atoms with van der Waals surface area (Å²) in [5.74, 6) is 1.48. The number of hydrogen-bond donors (Lipinski definition) is 0. The van der Waals surface area contributed by atoms with E-state index in [0.29, 0.717) is 12.4 Å². The van der Waals surface area contributed by atoms with Gasteiger partial charge in [0.15, 0.2) is 0 Å². The molecule has 0 spiro atoms. The van der Waals surface area contributed by atoms with E-state index in [9.17, 15) is 4.39 Å². The molecule has 0 fully saturated rings. The molecule has 83 valence electrons. The lowest BCUT2D eigenvalue weighted by Crippen LogP contribution is -1.98. The van der Waals surface area contributed by atoms with E-state index in [1.807, 2.05) is 19.9 Å². The largest absolute Gasteiger partial charge is 0.493 e. The van der Waals surface area contributed by atoms with Gasteiger partial charge in [-0.1, -0.05) is 27.2 Å². The SMILES string of the molecule is CCCCOc1cc(F)cc([C](C)C)c1. The summed E-state index contributed by atoms with van der Waals surface area (Å²) in [4.78, 5) is 0. The van der Waals surface area contributed by atoms with Gasteiger partial charge in [-0.25, -0.2) is 4.39 Å². The van der Waals surface area contributed by atoms with E-state index in [4.69, 9.17) is 4.74 Å². The van der Waals surface area contributed by atoms with Crippen LogP contribution in [0.15, 0.2) is 18.2 Å². The molecule has 2 heteroatoms. The molecule has 0 heterocycles. The summed E-state index contributed by atoms with van der Waals surface area (Å²) in [6.07, 6.45) is 2.09. The summed E-state index contributed by atoms with van der Waals surface area (Å²) in [5.41, 5.74) is 0.904. The molecule has 0 amide bonds. The molecular weight excluding hydrogens is 191 g/mol. The minimum atomic E-state index is -0.236. The van der Waals surface area contributed by atoms with Gasteiger partial charge in [0.1, 0.15) is 11.6 Å². The number of ether oxygens (including phenoxy) is 1. The van der Waals surface area contributed by atoms with Crippen molar-refractivity contribution in [2.75, 3.05) is 6.61 Å². The fourth-order valence-electron chi connectivity index (χ4n) is 1.27. The van der Waals surface area contributed by atoms with Crippen LogP contribution in [0.2, 0.25) is 0 Å². The Kier molecular flexibility index (Phi) is 4.60. The van der Waals surface area contributed by atoms with Crippen LogP contribution in [-0.2, 0) is 0 Å². The molecule has 15 heavy (non-hydrogen) atoms. The second kappa shape index (κ2) is 5.74. The van der Waals surface area contributed by atoms with Crippen molar-refractivity contribution in [1.82, 2.24) is 0 Å². The number of rotatable bonds is 5. The molecule has 0 saturated heterocycles. The van der Waals surface area contributed by atoms with E-state index in [1.54, 1.807) is 0 Å². The van der Waals surface area contributed by atoms with Gasteiger partial charge < -0.3 is 4.74 Å². The van der Waals surface area contributed by atoms with Crippen LogP contribution < -0.4 is 4.74 Å². The minimum absolute atomic E-state index is 0.236. The van der Waals surface area contributed by atoms with Crippen LogP contribution >= 0.6 is 0 Å². The maximum Gasteiger partial charge on any atom is 0.127 e. The smallest absolute Gasteiger partial charge is 0.127 e. The van der Waals surface area contributed by atoms with Crippen LogP contribution in [0.25, 0.3) is 0 Å². The Morgan fingerprint density at radius 1 is 1.27 bits per heavy atom. The summed E-state index contributed by atoms with van der Waals surface area (Å²) in [6.45, 7) is 6.68. The zero-order chi connectivity index (χ0) is 11.3. The minimum Gasteiger partial charge on any atom is -0.493 e. The van der Waals surface area contributed by atoms with Crippen LogP contribution in [0.3, 0.4) is 0 Å². The first-order valence-electron chi connectivity index (χ1n) is 5.37. The quantitative estimate of drug-likeness (QED) is 0.667. The van der Waals surface area contributed by atoms with Crippen LogP contribution in [0.1, 0.15) is 39.2 Å². The molecule has 1 aromatic carbocycles. The third-order valence-corrected chi connectivity index (χ3v) is 2.22. The molecule has 0 atom stereocenters. The van der Waals surface area contributed by atoms with Crippen LogP contribution in [-0.4, -0.2) is 6.61 Å². The van der Waals surface area contributed by atoms with E-state index < -0.39 is 0 Å². The zero-order valence-electron chi connectivity index (χ0n) is 9.64. The Morgan fingerprint density at radius 3 is 2.60 bits per heavy atom. The first-order valence-corrected chi connectivity index (χ1v) is 5.37. The predicted octanol–water partition coefficient (Wildman–Crippen LogP) is 3.97. The monoisotopic (exact) mass is 209 g/mol. The third-order valence-electron chi connectivity index (χ3n) is 2.22. The lowest BCUT2D eigenvalue weighted by Gasteiger charge is -2.09. The van der Waals surface area contributed by atoms with Crippen molar-refractivity contribution in [1.29, 1.82) is 0 Å². The van der Waals surface area contributed by atoms with Crippen molar-refractivity contribution in [2.45, 2.75) is 33.6 Å². The lowest BCUT2D eigenvalue weighted by atomic mass is 10.0. The summed E-state index contributed by atoms with van der Waals surface area (Å²) in [6, 6.07) is 4.85. The van der Waals surface area contributed by atoms with E-state index in [2.05, 4.69) is 6.92 Å². The van der Waals surface area contributed by atoms with Gasteiger partial charge in [-0.3, -0.25) is 0 Å². The average Bonchev–Trinajstić information content (AvgIpc) is 2.17. The second-order valence-corrected chi connectivity index (χ2v) is 3.88. The maximum atomic E-state index is 13.2. The van der Waals surface area contributed by atoms with Gasteiger partial charge in [0.05, 0.1) is 6.61 Å². The molecule has 0 aromatic heterocycles. The molecule has 0 aliphatic rings. The van der Waals surface area contributed by atoms with Gasteiger partial charge in [-0.2, -0.15) is 0 Å². The first kappa shape index (κ1) is 12.0. The van der Waals surface area contributed by atoms with Gasteiger partial charge >= 0.3 is 0 Å². The Labute approximate surface area is 91.3 Å². The Morgan fingerprint density at radius 2 is 2.00 bits per heavy atom. The molecule has 0 saturated carbocycles. The zero-order valence-corrected chi connectivity index (χ0v) is 9.64. The van der Waals surface area contributed by atoms with Gasteiger partial charge in [0.25, 0.3) is 0 Å². The highest BCUT2D eigenvalue weighted by atomic mass is 19.1. The van der Waals surface area contributed by atoms with E-state index in [1.165, 1.54) is 12.1 Å². The molecule has 0 unspecified atom stereocenters. The first-order chi connectivity index (χ1) is 7.13. The molecular formula is C13H18FO. The molecule has 1 radical (unpaired) electrons. The highest BCUT2D eigenvalue weighted by molar-refractivity contribution is 5.36. The number of benzene rings is 1. The second-order valence-electron chi connectivity index (χ2n) is 3.88. The van der Waals surface area contributed by atoms with Crippen LogP contribution in [0, 0.1) is 11.7 Å². The molecule has 1 nitrogen and oxygen atoms in total. The fourth-order valence-corrected chi connectivity index (χ4v) is 1.27. The normalized spacial score (nSPS) is 10.7. The summed E-state index contributed by atoms with van der Waals surface area (Å²) in [5, 5.41) is 0. The summed E-state index contributed by atoms with van der Waals surface area (Å²) >= 11 is 0. The number of unbranched alkanes of at least 4 members (excludes halogenated alkanes) is 1. The van der Waals surface area contributed by atoms with Gasteiger partial charge in [0.2, 0.25) is 0 Å². The van der Waals surface area contributed by atoms with Crippen molar-refractivity contribution < 1.29 is 9.13 Å². The highest BCUT2D eigenvalue weighted by Gasteiger charge is 2.05. The topological polar surface area (TPSA) is 9.23 Å². The van der Waals surface area contributed by atoms with Crippen LogP contribution in [0.5, 0.6) is 5.75 Å². The Hall–Kier alpha value is -1.05. The van der Waals surface area contributed by atoms with Gasteiger partial charge in [-0.15, -0.1) is 0 Å². The van der Waals surface area contributed by atoms with Crippen LogP contribution in [0.4, 0.5) is 4.39 Å². The predicted molar refractivity (Wildman–Crippen MR) is 60.5 cm³/mol. The van der Waals surface area contributed by atoms with E-state index in [-0.39, 0.29) is 5.82 Å². The van der Waals surface area contributed by atoms with Crippen molar-refractivity contribution in [3.05, 3.63) is 35.5 Å². The Balaban J connectivity index is 2.71. The molecule has 0 bridgehead atoms. The third kappa shape index (κ3) is 3.90. The van der Waals surface area contributed by atoms with Crippen molar-refractivity contribution in [3.63, 3.8) is 0 Å². The Bertz CT molecular complexity index is 307. The van der Waals surface area contributed by atoms with E-state index >= 15 is 0 Å². The number of halogens is 1. The van der Waals surface area contributed by atoms with Gasteiger partial charge in [0, 0.05) is 6.07 Å². The lowest BCUT2D eigenvalue weighted by molar-refractivity contribution is 0.307. The molecule has 1 aromatic rings. The molecule has 0 aliphatic carbocycles. The number of hydrogen-bond acceptors (Lipinski definition) is 1. The van der Waals surface area contributed by atoms with Crippen molar-refractivity contribution >= 4 is 0 Å². The van der Waals surface area contributed by atoms with Crippen molar-refractivity contribution in [2.24, 2.45) is 0 Å². The summed E-state index contributed by atoms with van der Waals surface area (Å²) < 4.78 is 18.7. The van der Waals surface area contributed by atoms with Crippen molar-refractivity contribution in [3.8, 4) is 5.75 Å². The maximum absolute atomic E-state index is 13.2. The fraction of sp³-hybridized carbons (Fsp3) is 0.462. The van der Waals surface area contributed by atoms with Gasteiger partial charge in [-0.05, 0) is 30.0 Å². The molecule has 1 rings (SSSR count). The summed E-state index contributed by atoms with van der Waals surface area (Å²) in [7, 11) is 0.